The molecule has 94 valence electrons. The molecule has 0 unspecified atom stereocenters. The van der Waals surface area contributed by atoms with Crippen molar-refractivity contribution < 1.29 is 4.79 Å². The Kier molecular flexibility index (Phi) is 3.63. The second-order valence-electron chi connectivity index (χ2n) is 4.43. The van der Waals surface area contributed by atoms with E-state index in [1.165, 1.54) is 0 Å². The van der Waals surface area contributed by atoms with E-state index >= 15 is 0 Å². The molecule has 0 heterocycles. The molecule has 0 spiro atoms. The quantitative estimate of drug-likeness (QED) is 0.887. The molecule has 0 radical (unpaired) electrons. The third kappa shape index (κ3) is 2.80. The molecule has 0 fully saturated rings. The third-order valence-corrected chi connectivity index (χ3v) is 2.92. The lowest BCUT2D eigenvalue weighted by molar-refractivity contribution is 0.102. The van der Waals surface area contributed by atoms with Crippen LogP contribution in [0.3, 0.4) is 0 Å². The van der Waals surface area contributed by atoms with Gasteiger partial charge in [0.25, 0.3) is 5.91 Å². The summed E-state index contributed by atoms with van der Waals surface area (Å²) in [7, 11) is 0. The molecule has 0 aliphatic rings. The minimum absolute atomic E-state index is 0.194. The predicted octanol–water partition coefficient (Wildman–Crippen LogP) is 3.43. The molecule has 2 aromatic rings. The summed E-state index contributed by atoms with van der Waals surface area (Å²) in [5.74, 6) is -0.194. The van der Waals surface area contributed by atoms with Gasteiger partial charge in [0.05, 0.1) is 11.3 Å². The summed E-state index contributed by atoms with van der Waals surface area (Å²) in [6, 6.07) is 14.7. The Labute approximate surface area is 112 Å². The molecule has 0 saturated carbocycles. The Bertz CT molecular complexity index is 669. The van der Waals surface area contributed by atoms with Crippen LogP contribution in [0.2, 0.25) is 0 Å². The number of aryl methyl sites for hydroxylation is 2. The monoisotopic (exact) mass is 250 g/mol. The smallest absolute Gasteiger partial charge is 0.255 e. The number of carbonyl (C=O) groups excluding carboxylic acids is 1. The first-order chi connectivity index (χ1) is 9.11. The second-order valence-corrected chi connectivity index (χ2v) is 4.43. The molecule has 0 aliphatic carbocycles. The minimum atomic E-state index is -0.194. The van der Waals surface area contributed by atoms with Crippen LogP contribution >= 0.6 is 0 Å². The molecule has 1 amide bonds. The Hall–Kier alpha value is -2.60. The highest BCUT2D eigenvalue weighted by Crippen LogP contribution is 2.17. The molecular weight excluding hydrogens is 236 g/mol. The highest BCUT2D eigenvalue weighted by molar-refractivity contribution is 6.05. The number of nitrogens with zero attached hydrogens (tertiary/aromatic N) is 1. The minimum Gasteiger partial charge on any atom is -0.321 e. The van der Waals surface area contributed by atoms with Crippen molar-refractivity contribution in [3.05, 3.63) is 64.7 Å². The zero-order chi connectivity index (χ0) is 13.8. The fraction of sp³-hybridized carbons (Fsp3) is 0.125. The van der Waals surface area contributed by atoms with Crippen LogP contribution in [-0.4, -0.2) is 5.91 Å². The van der Waals surface area contributed by atoms with Crippen molar-refractivity contribution in [3.8, 4) is 6.07 Å². The number of rotatable bonds is 2. The van der Waals surface area contributed by atoms with Crippen LogP contribution in [0.25, 0.3) is 0 Å². The average molecular weight is 250 g/mol. The van der Waals surface area contributed by atoms with Gasteiger partial charge in [0.1, 0.15) is 6.07 Å². The van der Waals surface area contributed by atoms with Gasteiger partial charge in [0, 0.05) is 5.56 Å². The van der Waals surface area contributed by atoms with Crippen molar-refractivity contribution in [2.24, 2.45) is 0 Å². The van der Waals surface area contributed by atoms with Crippen molar-refractivity contribution in [1.29, 1.82) is 5.26 Å². The van der Waals surface area contributed by atoms with E-state index in [2.05, 4.69) is 11.4 Å². The zero-order valence-electron chi connectivity index (χ0n) is 10.9. The van der Waals surface area contributed by atoms with E-state index in [1.54, 1.807) is 30.3 Å². The number of anilines is 1. The Morgan fingerprint density at radius 1 is 1.16 bits per heavy atom. The molecule has 0 aliphatic heterocycles. The van der Waals surface area contributed by atoms with E-state index in [0.29, 0.717) is 16.8 Å². The zero-order valence-corrected chi connectivity index (χ0v) is 10.9. The molecule has 0 saturated heterocycles. The van der Waals surface area contributed by atoms with Crippen molar-refractivity contribution >= 4 is 11.6 Å². The van der Waals surface area contributed by atoms with Gasteiger partial charge in [-0.2, -0.15) is 5.26 Å². The number of nitrogens with one attached hydrogen (secondary N) is 1. The molecule has 3 nitrogen and oxygen atoms in total. The summed E-state index contributed by atoms with van der Waals surface area (Å²) in [5.41, 5.74) is 3.66. The highest BCUT2D eigenvalue weighted by Gasteiger charge is 2.11. The number of nitriles is 1. The standard InChI is InChI=1S/C16H14N2O/c1-11-7-8-14(12(2)9-11)16(19)18-15-6-4-3-5-13(15)10-17/h3-9H,1-2H3,(H,18,19). The molecule has 0 bridgehead atoms. The number of benzene rings is 2. The van der Waals surface area contributed by atoms with Gasteiger partial charge in [-0.1, -0.05) is 29.8 Å². The number of hydrogen-bond donors (Lipinski definition) is 1. The summed E-state index contributed by atoms with van der Waals surface area (Å²) in [6.45, 7) is 3.89. The number of amides is 1. The first-order valence-corrected chi connectivity index (χ1v) is 5.99. The molecule has 2 aromatic carbocycles. The van der Waals surface area contributed by atoms with Crippen LogP contribution < -0.4 is 5.32 Å². The van der Waals surface area contributed by atoms with Crippen molar-refractivity contribution in [1.82, 2.24) is 0 Å². The van der Waals surface area contributed by atoms with Crippen LogP contribution in [0.5, 0.6) is 0 Å². The maximum absolute atomic E-state index is 12.2. The lowest BCUT2D eigenvalue weighted by Crippen LogP contribution is -2.14. The molecule has 0 atom stereocenters. The van der Waals surface area contributed by atoms with Crippen LogP contribution in [0.1, 0.15) is 27.0 Å². The van der Waals surface area contributed by atoms with E-state index < -0.39 is 0 Å². The van der Waals surface area contributed by atoms with Gasteiger partial charge >= 0.3 is 0 Å². The molecule has 3 heteroatoms. The summed E-state index contributed by atoms with van der Waals surface area (Å²) >= 11 is 0. The van der Waals surface area contributed by atoms with Crippen molar-refractivity contribution in [2.45, 2.75) is 13.8 Å². The fourth-order valence-electron chi connectivity index (χ4n) is 1.95. The van der Waals surface area contributed by atoms with Crippen LogP contribution in [0, 0.1) is 25.2 Å². The van der Waals surface area contributed by atoms with Crippen molar-refractivity contribution in [3.63, 3.8) is 0 Å². The first kappa shape index (κ1) is 12.8. The van der Waals surface area contributed by atoms with Gasteiger partial charge < -0.3 is 5.32 Å². The first-order valence-electron chi connectivity index (χ1n) is 5.99. The van der Waals surface area contributed by atoms with E-state index in [1.807, 2.05) is 26.0 Å². The lowest BCUT2D eigenvalue weighted by Gasteiger charge is -2.09. The van der Waals surface area contributed by atoms with E-state index in [4.69, 9.17) is 5.26 Å². The largest absolute Gasteiger partial charge is 0.321 e. The van der Waals surface area contributed by atoms with E-state index in [-0.39, 0.29) is 5.91 Å². The Balaban J connectivity index is 2.29. The summed E-state index contributed by atoms with van der Waals surface area (Å²) < 4.78 is 0. The normalized spacial score (nSPS) is 9.74. The van der Waals surface area contributed by atoms with Gasteiger partial charge in [-0.05, 0) is 37.6 Å². The lowest BCUT2D eigenvalue weighted by atomic mass is 10.0. The Morgan fingerprint density at radius 2 is 1.89 bits per heavy atom. The average Bonchev–Trinajstić information content (AvgIpc) is 2.39. The second kappa shape index (κ2) is 5.36. The Morgan fingerprint density at radius 3 is 2.58 bits per heavy atom. The van der Waals surface area contributed by atoms with Gasteiger partial charge in [0.2, 0.25) is 0 Å². The summed E-state index contributed by atoms with van der Waals surface area (Å²) in [5, 5.41) is 11.8. The van der Waals surface area contributed by atoms with Crippen molar-refractivity contribution in [2.75, 3.05) is 5.32 Å². The molecule has 0 aromatic heterocycles. The maximum Gasteiger partial charge on any atom is 0.255 e. The third-order valence-electron chi connectivity index (χ3n) is 2.92. The number of carbonyl (C=O) groups is 1. The SMILES string of the molecule is Cc1ccc(C(=O)Nc2ccccc2C#N)c(C)c1. The van der Waals surface area contributed by atoms with E-state index in [9.17, 15) is 4.79 Å². The predicted molar refractivity (Wildman–Crippen MR) is 75.0 cm³/mol. The molecular formula is C16H14N2O. The maximum atomic E-state index is 12.2. The molecule has 1 N–H and O–H groups in total. The van der Waals surface area contributed by atoms with Gasteiger partial charge in [-0.3, -0.25) is 4.79 Å². The van der Waals surface area contributed by atoms with Crippen LogP contribution in [-0.2, 0) is 0 Å². The molecule has 19 heavy (non-hydrogen) atoms. The van der Waals surface area contributed by atoms with Gasteiger partial charge in [-0.15, -0.1) is 0 Å². The van der Waals surface area contributed by atoms with Gasteiger partial charge in [-0.25, -0.2) is 0 Å². The number of hydrogen-bond acceptors (Lipinski definition) is 2. The van der Waals surface area contributed by atoms with Crippen LogP contribution in [0.4, 0.5) is 5.69 Å². The topological polar surface area (TPSA) is 52.9 Å². The summed E-state index contributed by atoms with van der Waals surface area (Å²) in [4.78, 5) is 12.2. The summed E-state index contributed by atoms with van der Waals surface area (Å²) in [6.07, 6.45) is 0. The van der Waals surface area contributed by atoms with Gasteiger partial charge in [0.15, 0.2) is 0 Å². The fourth-order valence-corrected chi connectivity index (χ4v) is 1.95. The highest BCUT2D eigenvalue weighted by atomic mass is 16.1. The number of para-hydroxylation sites is 1. The van der Waals surface area contributed by atoms with Crippen LogP contribution in [0.15, 0.2) is 42.5 Å². The molecule has 2 rings (SSSR count). The van der Waals surface area contributed by atoms with E-state index in [0.717, 1.165) is 11.1 Å².